The van der Waals surface area contributed by atoms with Crippen LogP contribution >= 0.6 is 0 Å². The van der Waals surface area contributed by atoms with Crippen molar-refractivity contribution in [3.8, 4) is 0 Å². The highest BCUT2D eigenvalue weighted by Gasteiger charge is 2.34. The lowest BCUT2D eigenvalue weighted by atomic mass is 10.0. The molecule has 3 amide bonds. The van der Waals surface area contributed by atoms with Crippen LogP contribution in [0.3, 0.4) is 0 Å². The van der Waals surface area contributed by atoms with E-state index in [9.17, 15) is 18.8 Å². The Morgan fingerprint density at radius 1 is 0.889 bits per heavy atom. The fourth-order valence-electron chi connectivity index (χ4n) is 3.65. The third kappa shape index (κ3) is 5.69. The first kappa shape index (κ1) is 24.5. The van der Waals surface area contributed by atoms with Crippen molar-refractivity contribution >= 4 is 23.4 Å². The normalized spacial score (nSPS) is 11.5. The summed E-state index contributed by atoms with van der Waals surface area (Å²) >= 11 is 0. The number of rotatable bonds is 9. The van der Waals surface area contributed by atoms with Crippen molar-refractivity contribution in [1.82, 2.24) is 10.6 Å². The van der Waals surface area contributed by atoms with Crippen LogP contribution in [0.5, 0.6) is 0 Å². The number of hydrogen-bond donors (Lipinski definition) is 2. The fourth-order valence-corrected chi connectivity index (χ4v) is 3.65. The van der Waals surface area contributed by atoms with E-state index in [-0.39, 0.29) is 18.0 Å². The van der Waals surface area contributed by atoms with E-state index in [0.717, 1.165) is 10.5 Å². The first-order chi connectivity index (χ1) is 17.4. The Kier molecular flexibility index (Phi) is 7.60. The summed E-state index contributed by atoms with van der Waals surface area (Å²) in [4.78, 5) is 40.4. The minimum Gasteiger partial charge on any atom is -0.467 e. The zero-order valence-corrected chi connectivity index (χ0v) is 19.4. The quantitative estimate of drug-likeness (QED) is 0.368. The molecule has 0 radical (unpaired) electrons. The highest BCUT2D eigenvalue weighted by Crippen LogP contribution is 2.30. The molecule has 1 atom stereocenters. The van der Waals surface area contributed by atoms with Crippen molar-refractivity contribution in [2.75, 3.05) is 11.4 Å². The first-order valence-electron chi connectivity index (χ1n) is 11.2. The number of amides is 3. The Hall–Kier alpha value is -4.66. The summed E-state index contributed by atoms with van der Waals surface area (Å²) in [5, 5.41) is 5.23. The van der Waals surface area contributed by atoms with E-state index < -0.39 is 36.1 Å². The van der Waals surface area contributed by atoms with Crippen LogP contribution in [0.15, 0.2) is 94.2 Å². The molecule has 4 aromatic rings. The summed E-state index contributed by atoms with van der Waals surface area (Å²) in [5.74, 6) is -2.02. The number of carbonyl (C=O) groups is 3. The average molecular weight is 490 g/mol. The monoisotopic (exact) mass is 489 g/mol. The molecule has 2 heterocycles. The number of nitrogens with zero attached hydrogens (tertiary/aromatic N) is 1. The van der Waals surface area contributed by atoms with Gasteiger partial charge >= 0.3 is 0 Å². The Balaban J connectivity index is 1.68. The number of para-hydroxylation sites is 1. The fraction of sp³-hybridized carbons (Fsp3) is 0.148. The van der Waals surface area contributed by atoms with Gasteiger partial charge in [-0.2, -0.15) is 0 Å². The van der Waals surface area contributed by atoms with E-state index in [2.05, 4.69) is 10.6 Å². The van der Waals surface area contributed by atoms with Crippen molar-refractivity contribution in [2.45, 2.75) is 19.5 Å². The van der Waals surface area contributed by atoms with Gasteiger partial charge in [0.1, 0.15) is 17.6 Å². The molecule has 0 aliphatic rings. The number of halogens is 1. The average Bonchev–Trinajstić information content (AvgIpc) is 3.60. The van der Waals surface area contributed by atoms with Gasteiger partial charge in [0, 0.05) is 0 Å². The van der Waals surface area contributed by atoms with Crippen molar-refractivity contribution in [3.63, 3.8) is 0 Å². The molecule has 0 bridgehead atoms. The first-order valence-corrected chi connectivity index (χ1v) is 11.2. The van der Waals surface area contributed by atoms with Crippen LogP contribution in [0.4, 0.5) is 10.1 Å². The Morgan fingerprint density at radius 2 is 1.61 bits per heavy atom. The predicted molar refractivity (Wildman–Crippen MR) is 129 cm³/mol. The number of hydrogen-bond acceptors (Lipinski definition) is 5. The number of anilines is 1. The molecule has 0 saturated heterocycles. The number of carbonyl (C=O) groups excluding carboxylic acids is 3. The molecule has 0 aliphatic carbocycles. The summed E-state index contributed by atoms with van der Waals surface area (Å²) in [6.45, 7) is 1.46. The molecule has 4 rings (SSSR count). The van der Waals surface area contributed by atoms with Gasteiger partial charge in [-0.15, -0.1) is 0 Å². The minimum atomic E-state index is -1.23. The molecule has 0 fully saturated rings. The molecule has 9 heteroatoms. The van der Waals surface area contributed by atoms with Gasteiger partial charge in [0.15, 0.2) is 5.76 Å². The second-order valence-electron chi connectivity index (χ2n) is 7.99. The second kappa shape index (κ2) is 11.2. The van der Waals surface area contributed by atoms with Crippen molar-refractivity contribution in [3.05, 3.63) is 114 Å². The molecule has 0 saturated carbocycles. The largest absolute Gasteiger partial charge is 0.467 e. The van der Waals surface area contributed by atoms with E-state index in [0.29, 0.717) is 11.3 Å². The molecule has 0 spiro atoms. The summed E-state index contributed by atoms with van der Waals surface area (Å²) < 4.78 is 25.3. The molecule has 0 aliphatic heterocycles. The summed E-state index contributed by atoms with van der Waals surface area (Å²) in [7, 11) is 0. The van der Waals surface area contributed by atoms with E-state index in [1.54, 1.807) is 48.5 Å². The maximum absolute atomic E-state index is 15.0. The van der Waals surface area contributed by atoms with E-state index in [1.807, 2.05) is 6.92 Å². The lowest BCUT2D eigenvalue weighted by molar-refractivity contribution is -0.126. The van der Waals surface area contributed by atoms with Crippen molar-refractivity contribution in [2.24, 2.45) is 0 Å². The second-order valence-corrected chi connectivity index (χ2v) is 7.99. The van der Waals surface area contributed by atoms with Gasteiger partial charge in [-0.05, 0) is 48.9 Å². The van der Waals surface area contributed by atoms with E-state index >= 15 is 0 Å². The number of furan rings is 2. The molecule has 2 N–H and O–H groups in total. The van der Waals surface area contributed by atoms with Gasteiger partial charge in [0.25, 0.3) is 5.91 Å². The SMILES string of the molecule is Cc1ccc([C@@H](C(=O)NCc2ccco2)N(C(=O)CNC(=O)c2ccco2)c2ccccc2F)cc1. The Labute approximate surface area is 206 Å². The van der Waals surface area contributed by atoms with Crippen LogP contribution in [0.1, 0.15) is 33.5 Å². The summed E-state index contributed by atoms with van der Waals surface area (Å²) in [6.07, 6.45) is 2.81. The zero-order chi connectivity index (χ0) is 25.5. The van der Waals surface area contributed by atoms with Gasteiger partial charge in [-0.1, -0.05) is 42.0 Å². The summed E-state index contributed by atoms with van der Waals surface area (Å²) in [6, 6.07) is 17.8. The van der Waals surface area contributed by atoms with Gasteiger partial charge in [0.2, 0.25) is 11.8 Å². The summed E-state index contributed by atoms with van der Waals surface area (Å²) in [5.41, 5.74) is 1.31. The topological polar surface area (TPSA) is 105 Å². The number of benzene rings is 2. The van der Waals surface area contributed by atoms with Gasteiger partial charge in [-0.25, -0.2) is 4.39 Å². The van der Waals surface area contributed by atoms with E-state index in [1.165, 1.54) is 36.8 Å². The zero-order valence-electron chi connectivity index (χ0n) is 19.4. The molecule has 2 aromatic carbocycles. The molecule has 0 unspecified atom stereocenters. The van der Waals surface area contributed by atoms with Gasteiger partial charge in [0.05, 0.1) is 31.3 Å². The number of aryl methyl sites for hydroxylation is 1. The standard InChI is InChI=1S/C27H24FN3O5/c1-18-10-12-19(13-11-18)25(27(34)29-16-20-6-4-14-35-20)31(22-8-3-2-7-21(22)28)24(32)17-30-26(33)23-9-5-15-36-23/h2-15,25H,16-17H2,1H3,(H,29,34)(H,30,33)/t25-/m0/s1. The van der Waals surface area contributed by atoms with Gasteiger partial charge in [-0.3, -0.25) is 19.3 Å². The van der Waals surface area contributed by atoms with E-state index in [4.69, 9.17) is 8.83 Å². The highest BCUT2D eigenvalue weighted by atomic mass is 19.1. The third-order valence-corrected chi connectivity index (χ3v) is 5.44. The van der Waals surface area contributed by atoms with Crippen LogP contribution in [-0.4, -0.2) is 24.3 Å². The maximum Gasteiger partial charge on any atom is 0.287 e. The predicted octanol–water partition coefficient (Wildman–Crippen LogP) is 4.14. The smallest absolute Gasteiger partial charge is 0.287 e. The van der Waals surface area contributed by atoms with Crippen LogP contribution in [0, 0.1) is 12.7 Å². The molecule has 184 valence electrons. The Morgan fingerprint density at radius 3 is 2.28 bits per heavy atom. The third-order valence-electron chi connectivity index (χ3n) is 5.44. The molecular formula is C27H24FN3O5. The highest BCUT2D eigenvalue weighted by molar-refractivity contribution is 6.04. The minimum absolute atomic E-state index is 0.0199. The maximum atomic E-state index is 15.0. The van der Waals surface area contributed by atoms with Crippen molar-refractivity contribution < 1.29 is 27.6 Å². The molecule has 2 aromatic heterocycles. The van der Waals surface area contributed by atoms with Gasteiger partial charge < -0.3 is 19.5 Å². The van der Waals surface area contributed by atoms with Crippen LogP contribution < -0.4 is 15.5 Å². The van der Waals surface area contributed by atoms with Crippen LogP contribution in [0.25, 0.3) is 0 Å². The van der Waals surface area contributed by atoms with Crippen LogP contribution in [-0.2, 0) is 16.1 Å². The van der Waals surface area contributed by atoms with Crippen molar-refractivity contribution in [1.29, 1.82) is 0 Å². The van der Waals surface area contributed by atoms with Crippen LogP contribution in [0.2, 0.25) is 0 Å². The molecular weight excluding hydrogens is 465 g/mol. The Bertz CT molecular complexity index is 1320. The molecule has 36 heavy (non-hydrogen) atoms. The molecule has 8 nitrogen and oxygen atoms in total. The lowest BCUT2D eigenvalue weighted by Crippen LogP contribution is -2.47. The lowest BCUT2D eigenvalue weighted by Gasteiger charge is -2.31. The number of nitrogens with one attached hydrogen (secondary N) is 2.